The molecule has 1 aliphatic heterocycles. The minimum Gasteiger partial charge on any atom is -0.381 e. The summed E-state index contributed by atoms with van der Waals surface area (Å²) >= 11 is 0. The average Bonchev–Trinajstić information content (AvgIpc) is 2.46. The monoisotopic (exact) mass is 252 g/mol. The first kappa shape index (κ1) is 13.4. The summed E-state index contributed by atoms with van der Waals surface area (Å²) in [5.41, 5.74) is 1.28. The molecule has 1 aliphatic carbocycles. The van der Waals surface area contributed by atoms with E-state index in [-0.39, 0.29) is 6.03 Å². The van der Waals surface area contributed by atoms with Crippen molar-refractivity contribution in [1.82, 2.24) is 10.2 Å². The summed E-state index contributed by atoms with van der Waals surface area (Å²) < 4.78 is 5.29. The minimum absolute atomic E-state index is 0.0286. The van der Waals surface area contributed by atoms with Crippen molar-refractivity contribution in [2.45, 2.75) is 51.0 Å². The van der Waals surface area contributed by atoms with Gasteiger partial charge >= 0.3 is 6.03 Å². The molecular formula is C14H24N2O2. The maximum Gasteiger partial charge on any atom is 0.321 e. The zero-order chi connectivity index (χ0) is 12.8. The number of hydrogen-bond donors (Lipinski definition) is 1. The van der Waals surface area contributed by atoms with Gasteiger partial charge in [0.15, 0.2) is 0 Å². The Labute approximate surface area is 109 Å². The second-order valence-electron chi connectivity index (χ2n) is 5.27. The number of amides is 2. The van der Waals surface area contributed by atoms with Gasteiger partial charge in [-0.2, -0.15) is 0 Å². The highest BCUT2D eigenvalue weighted by Crippen LogP contribution is 2.21. The van der Waals surface area contributed by atoms with Gasteiger partial charge in [0.25, 0.3) is 0 Å². The van der Waals surface area contributed by atoms with Crippen molar-refractivity contribution in [2.24, 2.45) is 0 Å². The molecule has 1 N–H and O–H groups in total. The van der Waals surface area contributed by atoms with Crippen LogP contribution in [0, 0.1) is 0 Å². The van der Waals surface area contributed by atoms with Crippen LogP contribution in [-0.2, 0) is 4.74 Å². The van der Waals surface area contributed by atoms with E-state index in [0.29, 0.717) is 6.04 Å². The Morgan fingerprint density at radius 2 is 1.94 bits per heavy atom. The van der Waals surface area contributed by atoms with Crippen LogP contribution < -0.4 is 5.32 Å². The summed E-state index contributed by atoms with van der Waals surface area (Å²) in [4.78, 5) is 13.9. The quantitative estimate of drug-likeness (QED) is 0.821. The highest BCUT2D eigenvalue weighted by Gasteiger charge is 2.21. The zero-order valence-electron chi connectivity index (χ0n) is 11.3. The van der Waals surface area contributed by atoms with Gasteiger partial charge in [0.2, 0.25) is 0 Å². The molecule has 2 amide bonds. The molecule has 0 bridgehead atoms. The number of carbonyl (C=O) groups excluding carboxylic acids is 1. The smallest absolute Gasteiger partial charge is 0.321 e. The van der Waals surface area contributed by atoms with Gasteiger partial charge in [0, 0.05) is 19.3 Å². The van der Waals surface area contributed by atoms with Crippen LogP contribution in [0.2, 0.25) is 0 Å². The van der Waals surface area contributed by atoms with Gasteiger partial charge < -0.3 is 15.0 Å². The third-order valence-electron chi connectivity index (χ3n) is 3.98. The largest absolute Gasteiger partial charge is 0.381 e. The molecule has 1 heterocycles. The van der Waals surface area contributed by atoms with Gasteiger partial charge in [-0.15, -0.1) is 0 Å². The number of nitrogens with zero attached hydrogens (tertiary/aromatic N) is 1. The van der Waals surface area contributed by atoms with Gasteiger partial charge in [-0.25, -0.2) is 4.79 Å². The van der Waals surface area contributed by atoms with E-state index in [1.165, 1.54) is 24.8 Å². The number of carbonyl (C=O) groups is 1. The molecule has 2 fully saturated rings. The summed E-state index contributed by atoms with van der Waals surface area (Å²) in [5.74, 6) is 0. The highest BCUT2D eigenvalue weighted by atomic mass is 16.5. The molecule has 0 unspecified atom stereocenters. The highest BCUT2D eigenvalue weighted by molar-refractivity contribution is 5.75. The van der Waals surface area contributed by atoms with Crippen molar-refractivity contribution in [3.05, 3.63) is 11.8 Å². The van der Waals surface area contributed by atoms with E-state index in [1.807, 2.05) is 18.1 Å². The van der Waals surface area contributed by atoms with Crippen molar-refractivity contribution in [3.63, 3.8) is 0 Å². The standard InChI is InChI=1S/C14H24N2O2/c1-16(13-5-3-2-4-6-13)14(17)15-11-12-7-9-18-10-8-12/h11,13H,2-10H2,1H3,(H,15,17). The van der Waals surface area contributed by atoms with Gasteiger partial charge in [-0.3, -0.25) is 0 Å². The van der Waals surface area contributed by atoms with Gasteiger partial charge in [0.05, 0.1) is 13.2 Å². The molecular weight excluding hydrogens is 228 g/mol. The van der Waals surface area contributed by atoms with Crippen LogP contribution >= 0.6 is 0 Å². The Morgan fingerprint density at radius 3 is 2.61 bits per heavy atom. The second-order valence-corrected chi connectivity index (χ2v) is 5.27. The van der Waals surface area contributed by atoms with Crippen LogP contribution in [0.25, 0.3) is 0 Å². The Balaban J connectivity index is 1.79. The molecule has 4 heteroatoms. The van der Waals surface area contributed by atoms with Crippen molar-refractivity contribution in [3.8, 4) is 0 Å². The topological polar surface area (TPSA) is 41.6 Å². The number of ether oxygens (including phenoxy) is 1. The van der Waals surface area contributed by atoms with Gasteiger partial charge in [-0.1, -0.05) is 19.3 Å². The van der Waals surface area contributed by atoms with Crippen LogP contribution in [0.5, 0.6) is 0 Å². The number of urea groups is 1. The minimum atomic E-state index is 0.0286. The first-order chi connectivity index (χ1) is 8.77. The van der Waals surface area contributed by atoms with E-state index >= 15 is 0 Å². The van der Waals surface area contributed by atoms with Crippen LogP contribution in [0.15, 0.2) is 11.8 Å². The van der Waals surface area contributed by atoms with E-state index in [9.17, 15) is 4.79 Å². The van der Waals surface area contributed by atoms with Crippen LogP contribution in [0.1, 0.15) is 44.9 Å². The van der Waals surface area contributed by atoms with Crippen LogP contribution in [0.4, 0.5) is 4.79 Å². The van der Waals surface area contributed by atoms with Crippen LogP contribution in [0.3, 0.4) is 0 Å². The number of hydrogen-bond acceptors (Lipinski definition) is 2. The molecule has 4 nitrogen and oxygen atoms in total. The molecule has 0 spiro atoms. The predicted molar refractivity (Wildman–Crippen MR) is 71.3 cm³/mol. The molecule has 0 radical (unpaired) electrons. The fraction of sp³-hybridized carbons (Fsp3) is 0.786. The molecule has 1 saturated heterocycles. The van der Waals surface area contributed by atoms with Crippen molar-refractivity contribution in [1.29, 1.82) is 0 Å². The molecule has 1 saturated carbocycles. The summed E-state index contributed by atoms with van der Waals surface area (Å²) in [6, 6.07) is 0.452. The molecule has 2 aliphatic rings. The Kier molecular flexibility index (Phi) is 5.05. The first-order valence-corrected chi connectivity index (χ1v) is 7.06. The molecule has 0 aromatic rings. The molecule has 102 valence electrons. The maximum atomic E-state index is 12.0. The zero-order valence-corrected chi connectivity index (χ0v) is 11.3. The molecule has 0 aromatic heterocycles. The lowest BCUT2D eigenvalue weighted by Gasteiger charge is -2.31. The third kappa shape index (κ3) is 3.73. The van der Waals surface area contributed by atoms with Crippen molar-refractivity contribution < 1.29 is 9.53 Å². The lowest BCUT2D eigenvalue weighted by molar-refractivity contribution is 0.118. The van der Waals surface area contributed by atoms with Crippen molar-refractivity contribution >= 4 is 6.03 Å². The Morgan fingerprint density at radius 1 is 1.28 bits per heavy atom. The second kappa shape index (κ2) is 6.78. The number of rotatable bonds is 2. The van der Waals surface area contributed by atoms with Crippen molar-refractivity contribution in [2.75, 3.05) is 20.3 Å². The van der Waals surface area contributed by atoms with E-state index in [2.05, 4.69) is 5.32 Å². The lowest BCUT2D eigenvalue weighted by atomic mass is 9.95. The Hall–Kier alpha value is -1.03. The van der Waals surface area contributed by atoms with Crippen LogP contribution in [-0.4, -0.2) is 37.2 Å². The van der Waals surface area contributed by atoms with E-state index in [4.69, 9.17) is 4.74 Å². The summed E-state index contributed by atoms with van der Waals surface area (Å²) in [6.07, 6.45) is 9.87. The molecule has 0 aromatic carbocycles. The molecule has 0 atom stereocenters. The predicted octanol–water partition coefficient (Wildman–Crippen LogP) is 2.65. The van der Waals surface area contributed by atoms with E-state index in [0.717, 1.165) is 38.9 Å². The first-order valence-electron chi connectivity index (χ1n) is 7.06. The SMILES string of the molecule is CN(C(=O)NC=C1CCOCC1)C1CCCCC1. The normalized spacial score (nSPS) is 21.5. The summed E-state index contributed by atoms with van der Waals surface area (Å²) in [6.45, 7) is 1.56. The van der Waals surface area contributed by atoms with E-state index in [1.54, 1.807) is 0 Å². The Bertz CT molecular complexity index is 301. The van der Waals surface area contributed by atoms with Gasteiger partial charge in [-0.05, 0) is 31.3 Å². The number of nitrogens with one attached hydrogen (secondary N) is 1. The molecule has 2 rings (SSSR count). The van der Waals surface area contributed by atoms with Gasteiger partial charge in [0.1, 0.15) is 0 Å². The maximum absolute atomic E-state index is 12.0. The fourth-order valence-electron chi connectivity index (χ4n) is 2.68. The summed E-state index contributed by atoms with van der Waals surface area (Å²) in [7, 11) is 1.91. The fourth-order valence-corrected chi connectivity index (χ4v) is 2.68. The average molecular weight is 252 g/mol. The molecule has 18 heavy (non-hydrogen) atoms. The van der Waals surface area contributed by atoms with E-state index < -0.39 is 0 Å². The lowest BCUT2D eigenvalue weighted by Crippen LogP contribution is -2.42. The third-order valence-corrected chi connectivity index (χ3v) is 3.98. The summed E-state index contributed by atoms with van der Waals surface area (Å²) in [5, 5.41) is 2.92.